The van der Waals surface area contributed by atoms with Gasteiger partial charge in [-0.25, -0.2) is 4.39 Å². The van der Waals surface area contributed by atoms with E-state index >= 15 is 0 Å². The largest absolute Gasteiger partial charge is 0.481 e. The number of amides is 1. The Labute approximate surface area is 159 Å². The minimum Gasteiger partial charge on any atom is -0.481 e. The van der Waals surface area contributed by atoms with Crippen LogP contribution in [0.4, 0.5) is 4.39 Å². The predicted octanol–water partition coefficient (Wildman–Crippen LogP) is 3.22. The molecule has 0 aromatic heterocycles. The van der Waals surface area contributed by atoms with Gasteiger partial charge in [-0.05, 0) is 49.2 Å². The van der Waals surface area contributed by atoms with Crippen molar-refractivity contribution >= 4 is 18.3 Å². The Bertz CT molecular complexity index is 712. The van der Waals surface area contributed by atoms with Crippen LogP contribution in [-0.2, 0) is 4.79 Å². The standard InChI is InChI=1S/C20H23FN2O2.ClH/c1-14(25-18-9-7-17(21)8-10-18)20(24)23-12-16(11-22)19(13-23)15-5-3-2-4-6-15;/h2-10,14,16,19H,11-13,22H2,1H3;1H/t14?,16-,19+;/m1./s1. The van der Waals surface area contributed by atoms with Gasteiger partial charge in [0.2, 0.25) is 0 Å². The van der Waals surface area contributed by atoms with Crippen LogP contribution < -0.4 is 10.5 Å². The van der Waals surface area contributed by atoms with E-state index in [2.05, 4.69) is 12.1 Å². The summed E-state index contributed by atoms with van der Waals surface area (Å²) in [7, 11) is 0. The van der Waals surface area contributed by atoms with E-state index in [9.17, 15) is 9.18 Å². The molecule has 1 saturated heterocycles. The number of carbonyl (C=O) groups excluding carboxylic acids is 1. The second-order valence-corrected chi connectivity index (χ2v) is 6.47. The number of hydrogen-bond acceptors (Lipinski definition) is 3. The van der Waals surface area contributed by atoms with Crippen molar-refractivity contribution in [2.24, 2.45) is 11.7 Å². The first-order valence-corrected chi connectivity index (χ1v) is 8.54. The number of nitrogens with two attached hydrogens (primary N) is 1. The molecule has 0 radical (unpaired) electrons. The van der Waals surface area contributed by atoms with Crippen molar-refractivity contribution in [3.63, 3.8) is 0 Å². The molecule has 2 aromatic carbocycles. The predicted molar refractivity (Wildman–Crippen MR) is 102 cm³/mol. The number of benzene rings is 2. The van der Waals surface area contributed by atoms with E-state index in [4.69, 9.17) is 10.5 Å². The van der Waals surface area contributed by atoms with Gasteiger partial charge in [0, 0.05) is 19.0 Å². The van der Waals surface area contributed by atoms with Gasteiger partial charge in [0.05, 0.1) is 0 Å². The maximum absolute atomic E-state index is 13.0. The quantitative estimate of drug-likeness (QED) is 0.869. The van der Waals surface area contributed by atoms with Crippen molar-refractivity contribution in [1.29, 1.82) is 0 Å². The monoisotopic (exact) mass is 378 g/mol. The highest BCUT2D eigenvalue weighted by Crippen LogP contribution is 2.32. The number of nitrogens with zero attached hydrogens (tertiary/aromatic N) is 1. The lowest BCUT2D eigenvalue weighted by atomic mass is 9.89. The fourth-order valence-corrected chi connectivity index (χ4v) is 3.39. The van der Waals surface area contributed by atoms with Crippen molar-refractivity contribution in [2.75, 3.05) is 19.6 Å². The van der Waals surface area contributed by atoms with Crippen LogP contribution in [-0.4, -0.2) is 36.5 Å². The van der Waals surface area contributed by atoms with Crippen molar-refractivity contribution < 1.29 is 13.9 Å². The summed E-state index contributed by atoms with van der Waals surface area (Å²) in [6.45, 7) is 3.53. The molecular weight excluding hydrogens is 355 g/mol. The van der Waals surface area contributed by atoms with Crippen LogP contribution >= 0.6 is 12.4 Å². The van der Waals surface area contributed by atoms with E-state index in [1.165, 1.54) is 29.8 Å². The number of ether oxygens (including phenoxy) is 1. The van der Waals surface area contributed by atoms with E-state index in [1.807, 2.05) is 23.1 Å². The maximum atomic E-state index is 13.0. The van der Waals surface area contributed by atoms with Gasteiger partial charge in [0.15, 0.2) is 6.10 Å². The summed E-state index contributed by atoms with van der Waals surface area (Å²) < 4.78 is 18.6. The molecule has 0 spiro atoms. The third kappa shape index (κ3) is 4.54. The Morgan fingerprint density at radius 1 is 1.19 bits per heavy atom. The molecule has 4 nitrogen and oxygen atoms in total. The molecule has 1 aliphatic heterocycles. The molecule has 0 bridgehead atoms. The Morgan fingerprint density at radius 2 is 1.85 bits per heavy atom. The zero-order valence-electron chi connectivity index (χ0n) is 14.7. The van der Waals surface area contributed by atoms with E-state index in [0.29, 0.717) is 25.4 Å². The summed E-state index contributed by atoms with van der Waals surface area (Å²) in [5.41, 5.74) is 7.14. The number of hydrogen-bond donors (Lipinski definition) is 1. The van der Waals surface area contributed by atoms with Crippen LogP contribution in [0.25, 0.3) is 0 Å². The Hall–Kier alpha value is -2.11. The van der Waals surface area contributed by atoms with Gasteiger partial charge in [0.1, 0.15) is 11.6 Å². The van der Waals surface area contributed by atoms with E-state index < -0.39 is 6.10 Å². The van der Waals surface area contributed by atoms with E-state index in [-0.39, 0.29) is 36.0 Å². The SMILES string of the molecule is CC(Oc1ccc(F)cc1)C(=O)N1C[C@@H](CN)[C@H](c2ccccc2)C1.Cl. The first-order valence-electron chi connectivity index (χ1n) is 8.54. The minimum absolute atomic E-state index is 0. The smallest absolute Gasteiger partial charge is 0.263 e. The van der Waals surface area contributed by atoms with Crippen LogP contribution in [0.1, 0.15) is 18.4 Å². The lowest BCUT2D eigenvalue weighted by Gasteiger charge is -2.22. The molecule has 140 valence electrons. The molecule has 26 heavy (non-hydrogen) atoms. The van der Waals surface area contributed by atoms with E-state index in [0.717, 1.165) is 0 Å². The zero-order valence-corrected chi connectivity index (χ0v) is 15.5. The Kier molecular flexibility index (Phi) is 7.00. The molecule has 6 heteroatoms. The number of halogens is 2. The van der Waals surface area contributed by atoms with Crippen LogP contribution in [0.5, 0.6) is 5.75 Å². The molecule has 1 unspecified atom stereocenters. The highest BCUT2D eigenvalue weighted by Gasteiger charge is 2.37. The molecule has 0 aliphatic carbocycles. The summed E-state index contributed by atoms with van der Waals surface area (Å²) in [5.74, 6) is 0.567. The van der Waals surface area contributed by atoms with Crippen LogP contribution in [0, 0.1) is 11.7 Å². The summed E-state index contributed by atoms with van der Waals surface area (Å²) >= 11 is 0. The van der Waals surface area contributed by atoms with Gasteiger partial charge in [-0.1, -0.05) is 30.3 Å². The second kappa shape index (κ2) is 9.01. The van der Waals surface area contributed by atoms with Crippen molar-refractivity contribution in [2.45, 2.75) is 18.9 Å². The molecule has 1 fully saturated rings. The van der Waals surface area contributed by atoms with Gasteiger partial charge in [0.25, 0.3) is 5.91 Å². The van der Waals surface area contributed by atoms with Crippen LogP contribution in [0.15, 0.2) is 54.6 Å². The Balaban J connectivity index is 0.00000243. The van der Waals surface area contributed by atoms with Gasteiger partial charge in [-0.3, -0.25) is 4.79 Å². The third-order valence-electron chi connectivity index (χ3n) is 4.76. The fourth-order valence-electron chi connectivity index (χ4n) is 3.39. The molecule has 3 atom stereocenters. The lowest BCUT2D eigenvalue weighted by Crippen LogP contribution is -2.39. The average molecular weight is 379 g/mol. The molecule has 2 aromatic rings. The second-order valence-electron chi connectivity index (χ2n) is 6.47. The molecular formula is C20H24ClFN2O2. The summed E-state index contributed by atoms with van der Waals surface area (Å²) in [6.07, 6.45) is -0.626. The number of rotatable bonds is 5. The molecule has 0 saturated carbocycles. The Morgan fingerprint density at radius 3 is 2.46 bits per heavy atom. The zero-order chi connectivity index (χ0) is 17.8. The molecule has 2 N–H and O–H groups in total. The van der Waals surface area contributed by atoms with Gasteiger partial charge in [-0.15, -0.1) is 12.4 Å². The van der Waals surface area contributed by atoms with E-state index in [1.54, 1.807) is 6.92 Å². The summed E-state index contributed by atoms with van der Waals surface area (Å²) in [6, 6.07) is 15.9. The first-order chi connectivity index (χ1) is 12.1. The van der Waals surface area contributed by atoms with Gasteiger partial charge >= 0.3 is 0 Å². The van der Waals surface area contributed by atoms with Crippen molar-refractivity contribution in [3.05, 3.63) is 66.0 Å². The fraction of sp³-hybridized carbons (Fsp3) is 0.350. The molecule has 3 rings (SSSR count). The molecule has 1 amide bonds. The topological polar surface area (TPSA) is 55.6 Å². The minimum atomic E-state index is -0.626. The summed E-state index contributed by atoms with van der Waals surface area (Å²) in [5, 5.41) is 0. The molecule has 1 heterocycles. The van der Waals surface area contributed by atoms with Gasteiger partial charge in [-0.2, -0.15) is 0 Å². The van der Waals surface area contributed by atoms with Crippen molar-refractivity contribution in [3.8, 4) is 5.75 Å². The van der Waals surface area contributed by atoms with Gasteiger partial charge < -0.3 is 15.4 Å². The number of carbonyl (C=O) groups is 1. The highest BCUT2D eigenvalue weighted by molar-refractivity contribution is 5.85. The third-order valence-corrected chi connectivity index (χ3v) is 4.76. The van der Waals surface area contributed by atoms with Crippen LogP contribution in [0.3, 0.4) is 0 Å². The van der Waals surface area contributed by atoms with Crippen LogP contribution in [0.2, 0.25) is 0 Å². The number of likely N-dealkylation sites (tertiary alicyclic amines) is 1. The lowest BCUT2D eigenvalue weighted by molar-refractivity contribution is -0.137. The first kappa shape index (κ1) is 20.2. The highest BCUT2D eigenvalue weighted by atomic mass is 35.5. The average Bonchev–Trinajstić information content (AvgIpc) is 3.08. The van der Waals surface area contributed by atoms with Crippen molar-refractivity contribution in [1.82, 2.24) is 4.90 Å². The normalized spacial score (nSPS) is 20.3. The summed E-state index contributed by atoms with van der Waals surface area (Å²) in [4.78, 5) is 14.6. The molecule has 1 aliphatic rings. The maximum Gasteiger partial charge on any atom is 0.263 e.